The third-order valence-electron chi connectivity index (χ3n) is 6.97. The zero-order chi connectivity index (χ0) is 26.7. The van der Waals surface area contributed by atoms with Crippen LogP contribution < -0.4 is 9.47 Å². The van der Waals surface area contributed by atoms with Crippen molar-refractivity contribution in [2.45, 2.75) is 33.2 Å². The third kappa shape index (κ3) is 4.79. The van der Waals surface area contributed by atoms with Gasteiger partial charge in [-0.2, -0.15) is 0 Å². The number of aromatic nitrogens is 2. The van der Waals surface area contributed by atoms with Crippen LogP contribution in [0.1, 0.15) is 43.3 Å². The fourth-order valence-corrected chi connectivity index (χ4v) is 5.02. The predicted molar refractivity (Wildman–Crippen MR) is 141 cm³/mol. The minimum atomic E-state index is -0.851. The Morgan fingerprint density at radius 3 is 2.54 bits per heavy atom. The van der Waals surface area contributed by atoms with Crippen molar-refractivity contribution >= 4 is 23.1 Å². The molecule has 0 aliphatic carbocycles. The van der Waals surface area contributed by atoms with Gasteiger partial charge >= 0.3 is 0 Å². The van der Waals surface area contributed by atoms with Crippen molar-refractivity contribution < 1.29 is 24.2 Å². The average Bonchev–Trinajstić information content (AvgIpc) is 3.38. The Kier molecular flexibility index (Phi) is 7.83. The molecule has 37 heavy (non-hydrogen) atoms. The number of aliphatic hydroxyl groups is 1. The Morgan fingerprint density at radius 1 is 1.11 bits per heavy atom. The molecule has 1 aliphatic heterocycles. The first-order valence-corrected chi connectivity index (χ1v) is 12.5. The van der Waals surface area contributed by atoms with E-state index < -0.39 is 17.7 Å². The van der Waals surface area contributed by atoms with Gasteiger partial charge < -0.3 is 24.4 Å². The molecule has 1 amide bonds. The number of pyridine rings is 1. The third-order valence-corrected chi connectivity index (χ3v) is 6.97. The summed E-state index contributed by atoms with van der Waals surface area (Å²) in [6.45, 7) is 8.87. The van der Waals surface area contributed by atoms with Crippen molar-refractivity contribution in [1.29, 1.82) is 0 Å². The molecule has 196 valence electrons. The molecular weight excluding hydrogens is 472 g/mol. The van der Waals surface area contributed by atoms with Gasteiger partial charge in [-0.3, -0.25) is 14.0 Å². The lowest BCUT2D eigenvalue weighted by atomic mass is 9.95. The van der Waals surface area contributed by atoms with E-state index in [1.54, 1.807) is 42.8 Å². The highest BCUT2D eigenvalue weighted by Crippen LogP contribution is 2.44. The minimum absolute atomic E-state index is 0.00754. The number of aliphatic hydroxyl groups excluding tert-OH is 1. The monoisotopic (exact) mass is 506 g/mol. The molecular formula is C28H34N4O5. The van der Waals surface area contributed by atoms with Crippen molar-refractivity contribution in [3.05, 3.63) is 65.1 Å². The van der Waals surface area contributed by atoms with Crippen LogP contribution in [0.3, 0.4) is 0 Å². The highest BCUT2D eigenvalue weighted by atomic mass is 16.5. The van der Waals surface area contributed by atoms with E-state index in [4.69, 9.17) is 9.47 Å². The second-order valence-corrected chi connectivity index (χ2v) is 8.96. The molecule has 1 N–H and O–H groups in total. The molecule has 0 bridgehead atoms. The van der Waals surface area contributed by atoms with Crippen molar-refractivity contribution in [3.63, 3.8) is 0 Å². The molecule has 0 spiro atoms. The molecule has 9 nitrogen and oxygen atoms in total. The maximum atomic E-state index is 13.5. The second kappa shape index (κ2) is 11.0. The van der Waals surface area contributed by atoms with E-state index in [0.29, 0.717) is 47.1 Å². The molecule has 1 aliphatic rings. The second-order valence-electron chi connectivity index (χ2n) is 8.96. The number of imidazole rings is 1. The Bertz CT molecular complexity index is 1340. The van der Waals surface area contributed by atoms with Crippen LogP contribution in [-0.2, 0) is 9.59 Å². The molecule has 4 rings (SSSR count). The summed E-state index contributed by atoms with van der Waals surface area (Å²) < 4.78 is 12.8. The van der Waals surface area contributed by atoms with Gasteiger partial charge in [0.2, 0.25) is 0 Å². The highest BCUT2D eigenvalue weighted by molar-refractivity contribution is 6.46. The summed E-state index contributed by atoms with van der Waals surface area (Å²) in [6.07, 6.45) is 2.44. The zero-order valence-corrected chi connectivity index (χ0v) is 22.0. The van der Waals surface area contributed by atoms with Gasteiger partial charge in [0.05, 0.1) is 31.5 Å². The fourth-order valence-electron chi connectivity index (χ4n) is 5.02. The molecule has 0 unspecified atom stereocenters. The van der Waals surface area contributed by atoms with E-state index in [1.165, 1.54) is 12.0 Å². The molecule has 1 saturated heterocycles. The van der Waals surface area contributed by atoms with Crippen LogP contribution in [0.4, 0.5) is 0 Å². The number of ketones is 1. The summed E-state index contributed by atoms with van der Waals surface area (Å²) in [6, 6.07) is 9.88. The Labute approximate surface area is 216 Å². The lowest BCUT2D eigenvalue weighted by Gasteiger charge is -2.28. The number of hydrogen-bond acceptors (Lipinski definition) is 7. The molecule has 9 heteroatoms. The van der Waals surface area contributed by atoms with Gasteiger partial charge in [-0.05, 0) is 63.3 Å². The lowest BCUT2D eigenvalue weighted by Crippen LogP contribution is -2.33. The van der Waals surface area contributed by atoms with Gasteiger partial charge in [-0.1, -0.05) is 19.9 Å². The fraction of sp³-hybridized carbons (Fsp3) is 0.393. The number of fused-ring (bicyclic) bond motifs is 1. The van der Waals surface area contributed by atoms with Crippen LogP contribution >= 0.6 is 0 Å². The van der Waals surface area contributed by atoms with Crippen LogP contribution in [0.25, 0.3) is 11.4 Å². The largest absolute Gasteiger partial charge is 0.505 e. The minimum Gasteiger partial charge on any atom is -0.505 e. The number of rotatable bonds is 10. The van der Waals surface area contributed by atoms with Gasteiger partial charge in [0.1, 0.15) is 22.8 Å². The summed E-state index contributed by atoms with van der Waals surface area (Å²) in [5.74, 6) is -0.615. The van der Waals surface area contributed by atoms with Gasteiger partial charge in [0.25, 0.3) is 11.7 Å². The number of carbonyl (C=O) groups excluding carboxylic acids is 2. The number of hydrogen-bond donors (Lipinski definition) is 1. The number of aryl methyl sites for hydroxylation is 1. The SMILES string of the molecule is CCN(CC)CCCN1C(=O)C(=O)/C(=C(/O)c2c(C)nc3ccccn23)[C@@H]1c1cc(OC)ccc1OC. The predicted octanol–water partition coefficient (Wildman–Crippen LogP) is 3.81. The molecule has 3 aromatic rings. The quantitative estimate of drug-likeness (QED) is 0.254. The van der Waals surface area contributed by atoms with Gasteiger partial charge in [-0.25, -0.2) is 4.98 Å². The van der Waals surface area contributed by atoms with Gasteiger partial charge in [0, 0.05) is 18.3 Å². The van der Waals surface area contributed by atoms with Crippen molar-refractivity contribution in [3.8, 4) is 11.5 Å². The first-order valence-electron chi connectivity index (χ1n) is 12.5. The summed E-state index contributed by atoms with van der Waals surface area (Å²) in [5.41, 5.74) is 2.13. The Hall–Kier alpha value is -3.85. The molecule has 1 fully saturated rings. The first-order chi connectivity index (χ1) is 17.9. The summed E-state index contributed by atoms with van der Waals surface area (Å²) in [5, 5.41) is 11.6. The summed E-state index contributed by atoms with van der Waals surface area (Å²) in [7, 11) is 3.08. The number of methoxy groups -OCH3 is 2. The maximum Gasteiger partial charge on any atom is 0.295 e. The van der Waals surface area contributed by atoms with E-state index in [2.05, 4.69) is 23.7 Å². The Morgan fingerprint density at radius 2 is 1.86 bits per heavy atom. The number of likely N-dealkylation sites (tertiary alicyclic amines) is 1. The standard InChI is InChI=1S/C28H34N4O5/c1-6-30(7-2)14-10-16-32-25(20-17-19(36-4)12-13-21(20)37-5)23(27(34)28(32)35)26(33)24-18(3)29-22-11-8-9-15-31(22)24/h8-9,11-13,15,17,25,33H,6-7,10,14,16H2,1-5H3/b26-23+/t25-/m0/s1. The van der Waals surface area contributed by atoms with Gasteiger partial charge in [-0.15, -0.1) is 0 Å². The number of benzene rings is 1. The smallest absolute Gasteiger partial charge is 0.295 e. The van der Waals surface area contributed by atoms with Crippen molar-refractivity contribution in [1.82, 2.24) is 19.2 Å². The topological polar surface area (TPSA) is 96.6 Å². The number of amides is 1. The molecule has 3 heterocycles. The first kappa shape index (κ1) is 26.2. The average molecular weight is 507 g/mol. The van der Waals surface area contributed by atoms with Crippen LogP contribution in [0.5, 0.6) is 11.5 Å². The summed E-state index contributed by atoms with van der Waals surface area (Å²) >= 11 is 0. The van der Waals surface area contributed by atoms with Crippen molar-refractivity contribution in [2.24, 2.45) is 0 Å². The molecule has 1 aromatic carbocycles. The normalized spacial score (nSPS) is 17.2. The number of ether oxygens (including phenoxy) is 2. The maximum absolute atomic E-state index is 13.5. The number of nitrogens with zero attached hydrogens (tertiary/aromatic N) is 4. The van der Waals surface area contributed by atoms with E-state index in [-0.39, 0.29) is 11.3 Å². The zero-order valence-electron chi connectivity index (χ0n) is 22.0. The molecule has 1 atom stereocenters. The number of Topliss-reactive ketones (excluding diaryl/α,β-unsaturated/α-hetero) is 1. The van der Waals surface area contributed by atoms with Gasteiger partial charge in [0.15, 0.2) is 5.76 Å². The van der Waals surface area contributed by atoms with E-state index in [0.717, 1.165) is 19.6 Å². The van der Waals surface area contributed by atoms with Crippen molar-refractivity contribution in [2.75, 3.05) is 40.4 Å². The van der Waals surface area contributed by atoms with E-state index in [9.17, 15) is 14.7 Å². The van der Waals surface area contributed by atoms with E-state index in [1.807, 2.05) is 18.2 Å². The Balaban J connectivity index is 1.89. The molecule has 0 radical (unpaired) electrons. The van der Waals surface area contributed by atoms with Crippen LogP contribution in [0.15, 0.2) is 48.2 Å². The van der Waals surface area contributed by atoms with Crippen LogP contribution in [0.2, 0.25) is 0 Å². The highest BCUT2D eigenvalue weighted by Gasteiger charge is 2.47. The number of carbonyl (C=O) groups is 2. The lowest BCUT2D eigenvalue weighted by molar-refractivity contribution is -0.140. The van der Waals surface area contributed by atoms with Crippen LogP contribution in [-0.4, -0.2) is 76.4 Å². The van der Waals surface area contributed by atoms with E-state index >= 15 is 0 Å². The molecule has 2 aromatic heterocycles. The van der Waals surface area contributed by atoms with Crippen LogP contribution in [0, 0.1) is 6.92 Å². The summed E-state index contributed by atoms with van der Waals surface area (Å²) in [4.78, 5) is 35.3. The molecule has 0 saturated carbocycles.